The van der Waals surface area contributed by atoms with Crippen molar-refractivity contribution in [1.82, 2.24) is 5.32 Å². The molecule has 1 amide bonds. The van der Waals surface area contributed by atoms with Crippen LogP contribution in [0.3, 0.4) is 0 Å². The van der Waals surface area contributed by atoms with Gasteiger partial charge in [0.15, 0.2) is 0 Å². The molecule has 0 aliphatic carbocycles. The minimum absolute atomic E-state index is 0. The molecule has 0 radical (unpaired) electrons. The Bertz CT molecular complexity index is 314. The van der Waals surface area contributed by atoms with Gasteiger partial charge in [0.05, 0.1) is 6.04 Å². The van der Waals surface area contributed by atoms with Crippen molar-refractivity contribution in [1.29, 1.82) is 0 Å². The van der Waals surface area contributed by atoms with E-state index in [1.807, 2.05) is 44.2 Å². The molecule has 1 rings (SSSR count). The number of carbonyl (C=O) groups is 1. The molecule has 0 bridgehead atoms. The molecular formula is C12H19ClN2O. The lowest BCUT2D eigenvalue weighted by Gasteiger charge is -2.14. The van der Waals surface area contributed by atoms with Gasteiger partial charge in [0.1, 0.15) is 0 Å². The van der Waals surface area contributed by atoms with Crippen LogP contribution in [0.5, 0.6) is 0 Å². The monoisotopic (exact) mass is 242 g/mol. The molecule has 3 N–H and O–H groups in total. The van der Waals surface area contributed by atoms with Gasteiger partial charge in [0, 0.05) is 6.04 Å². The van der Waals surface area contributed by atoms with Crippen molar-refractivity contribution < 1.29 is 4.79 Å². The number of nitrogens with two attached hydrogens (primary N) is 1. The second kappa shape index (κ2) is 7.25. The van der Waals surface area contributed by atoms with Gasteiger partial charge in [-0.3, -0.25) is 4.79 Å². The van der Waals surface area contributed by atoms with Gasteiger partial charge in [-0.05, 0) is 25.8 Å². The SMILES string of the molecule is CC(C)NC(=O)[C@@H](N)Cc1ccccc1.Cl. The van der Waals surface area contributed by atoms with Gasteiger partial charge < -0.3 is 11.1 Å². The Morgan fingerprint density at radius 3 is 2.38 bits per heavy atom. The topological polar surface area (TPSA) is 55.1 Å². The molecule has 1 aromatic rings. The molecule has 1 aromatic carbocycles. The van der Waals surface area contributed by atoms with Crippen LogP contribution in [0.2, 0.25) is 0 Å². The van der Waals surface area contributed by atoms with Crippen molar-refractivity contribution in [2.45, 2.75) is 32.4 Å². The molecule has 0 saturated carbocycles. The van der Waals surface area contributed by atoms with E-state index in [1.165, 1.54) is 0 Å². The lowest BCUT2D eigenvalue weighted by molar-refractivity contribution is -0.122. The Morgan fingerprint density at radius 1 is 1.31 bits per heavy atom. The number of rotatable bonds is 4. The molecule has 0 fully saturated rings. The van der Waals surface area contributed by atoms with E-state index in [0.29, 0.717) is 6.42 Å². The Balaban J connectivity index is 0.00000225. The highest BCUT2D eigenvalue weighted by molar-refractivity contribution is 5.85. The number of hydrogen-bond acceptors (Lipinski definition) is 2. The molecule has 90 valence electrons. The van der Waals surface area contributed by atoms with Crippen LogP contribution in [0.4, 0.5) is 0 Å². The van der Waals surface area contributed by atoms with Crippen LogP contribution in [0.25, 0.3) is 0 Å². The third-order valence-corrected chi connectivity index (χ3v) is 2.07. The van der Waals surface area contributed by atoms with Crippen LogP contribution in [0.1, 0.15) is 19.4 Å². The van der Waals surface area contributed by atoms with Crippen LogP contribution in [-0.4, -0.2) is 18.0 Å². The van der Waals surface area contributed by atoms with E-state index < -0.39 is 6.04 Å². The zero-order valence-electron chi connectivity index (χ0n) is 9.64. The predicted molar refractivity (Wildman–Crippen MR) is 68.6 cm³/mol. The van der Waals surface area contributed by atoms with Crippen molar-refractivity contribution in [3.8, 4) is 0 Å². The summed E-state index contributed by atoms with van der Waals surface area (Å²) in [6.45, 7) is 3.85. The van der Waals surface area contributed by atoms with Crippen molar-refractivity contribution in [2.75, 3.05) is 0 Å². The van der Waals surface area contributed by atoms with E-state index in [2.05, 4.69) is 5.32 Å². The lowest BCUT2D eigenvalue weighted by Crippen LogP contribution is -2.44. The number of hydrogen-bond donors (Lipinski definition) is 2. The molecule has 4 heteroatoms. The first kappa shape index (κ1) is 14.9. The van der Waals surface area contributed by atoms with Crippen LogP contribution in [0.15, 0.2) is 30.3 Å². The minimum atomic E-state index is -0.463. The zero-order chi connectivity index (χ0) is 11.3. The second-order valence-corrected chi connectivity index (χ2v) is 3.96. The summed E-state index contributed by atoms with van der Waals surface area (Å²) in [7, 11) is 0. The summed E-state index contributed by atoms with van der Waals surface area (Å²) in [5, 5.41) is 2.80. The smallest absolute Gasteiger partial charge is 0.237 e. The minimum Gasteiger partial charge on any atom is -0.353 e. The Kier molecular flexibility index (Phi) is 6.77. The van der Waals surface area contributed by atoms with E-state index >= 15 is 0 Å². The number of amides is 1. The Morgan fingerprint density at radius 2 is 1.88 bits per heavy atom. The maximum atomic E-state index is 11.5. The maximum Gasteiger partial charge on any atom is 0.237 e. The van der Waals surface area contributed by atoms with Crippen LogP contribution < -0.4 is 11.1 Å². The molecule has 0 aliphatic rings. The van der Waals surface area contributed by atoms with E-state index in [0.717, 1.165) is 5.56 Å². The standard InChI is InChI=1S/C12H18N2O.ClH/c1-9(2)14-12(15)11(13)8-10-6-4-3-5-7-10;/h3-7,9,11H,8,13H2,1-2H3,(H,14,15);1H/t11-;/m0./s1. The summed E-state index contributed by atoms with van der Waals surface area (Å²) in [6.07, 6.45) is 0.583. The van der Waals surface area contributed by atoms with Crippen molar-refractivity contribution >= 4 is 18.3 Å². The summed E-state index contributed by atoms with van der Waals surface area (Å²) in [6, 6.07) is 9.47. The zero-order valence-corrected chi connectivity index (χ0v) is 10.5. The van der Waals surface area contributed by atoms with E-state index in [-0.39, 0.29) is 24.4 Å². The Hall–Kier alpha value is -1.06. The maximum absolute atomic E-state index is 11.5. The highest BCUT2D eigenvalue weighted by Crippen LogP contribution is 2.01. The quantitative estimate of drug-likeness (QED) is 0.841. The summed E-state index contributed by atoms with van der Waals surface area (Å²) in [4.78, 5) is 11.5. The van der Waals surface area contributed by atoms with E-state index in [9.17, 15) is 4.79 Å². The third-order valence-electron chi connectivity index (χ3n) is 2.07. The van der Waals surface area contributed by atoms with Gasteiger partial charge in [-0.2, -0.15) is 0 Å². The molecule has 0 saturated heterocycles. The van der Waals surface area contributed by atoms with Crippen molar-refractivity contribution in [3.05, 3.63) is 35.9 Å². The first-order valence-corrected chi connectivity index (χ1v) is 5.19. The highest BCUT2D eigenvalue weighted by atomic mass is 35.5. The van der Waals surface area contributed by atoms with E-state index in [1.54, 1.807) is 0 Å². The molecule has 0 aliphatic heterocycles. The van der Waals surface area contributed by atoms with E-state index in [4.69, 9.17) is 5.73 Å². The fourth-order valence-electron chi connectivity index (χ4n) is 1.35. The van der Waals surface area contributed by atoms with Gasteiger partial charge in [-0.25, -0.2) is 0 Å². The normalized spacial score (nSPS) is 11.8. The number of carbonyl (C=O) groups excluding carboxylic acids is 1. The van der Waals surface area contributed by atoms with Crippen LogP contribution in [0, 0.1) is 0 Å². The molecule has 0 unspecified atom stereocenters. The second-order valence-electron chi connectivity index (χ2n) is 3.96. The van der Waals surface area contributed by atoms with Crippen molar-refractivity contribution in [2.24, 2.45) is 5.73 Å². The van der Waals surface area contributed by atoms with Crippen molar-refractivity contribution in [3.63, 3.8) is 0 Å². The molecule has 0 heterocycles. The third kappa shape index (κ3) is 5.14. The number of nitrogens with one attached hydrogen (secondary N) is 1. The van der Waals surface area contributed by atoms with Gasteiger partial charge >= 0.3 is 0 Å². The number of halogens is 1. The summed E-state index contributed by atoms with van der Waals surface area (Å²) in [5.74, 6) is -0.0890. The molecule has 16 heavy (non-hydrogen) atoms. The summed E-state index contributed by atoms with van der Waals surface area (Å²) >= 11 is 0. The van der Waals surface area contributed by atoms with Crippen LogP contribution in [-0.2, 0) is 11.2 Å². The number of benzene rings is 1. The highest BCUT2D eigenvalue weighted by Gasteiger charge is 2.14. The fraction of sp³-hybridized carbons (Fsp3) is 0.417. The van der Waals surface area contributed by atoms with Crippen LogP contribution >= 0.6 is 12.4 Å². The predicted octanol–water partition coefficient (Wildman–Crippen LogP) is 1.50. The molecule has 0 aromatic heterocycles. The molecule has 3 nitrogen and oxygen atoms in total. The summed E-state index contributed by atoms with van der Waals surface area (Å²) < 4.78 is 0. The molecule has 1 atom stereocenters. The van der Waals surface area contributed by atoms with Gasteiger partial charge in [-0.1, -0.05) is 30.3 Å². The average molecular weight is 243 g/mol. The molecular weight excluding hydrogens is 224 g/mol. The van der Waals surface area contributed by atoms with Gasteiger partial charge in [0.2, 0.25) is 5.91 Å². The largest absolute Gasteiger partial charge is 0.353 e. The first-order chi connectivity index (χ1) is 7.09. The average Bonchev–Trinajstić information content (AvgIpc) is 2.18. The fourth-order valence-corrected chi connectivity index (χ4v) is 1.35. The Labute approximate surface area is 103 Å². The lowest BCUT2D eigenvalue weighted by atomic mass is 10.1. The van der Waals surface area contributed by atoms with Gasteiger partial charge in [-0.15, -0.1) is 12.4 Å². The first-order valence-electron chi connectivity index (χ1n) is 5.19. The summed E-state index contributed by atoms with van der Waals surface area (Å²) in [5.41, 5.74) is 6.87. The molecule has 0 spiro atoms. The van der Waals surface area contributed by atoms with Gasteiger partial charge in [0.25, 0.3) is 0 Å².